The fraction of sp³-hybridized carbons (Fsp3) is 0.625. The summed E-state index contributed by atoms with van der Waals surface area (Å²) in [7, 11) is 0. The quantitative estimate of drug-likeness (QED) is 0.898. The van der Waals surface area contributed by atoms with Gasteiger partial charge in [-0.05, 0) is 43.0 Å². The number of halogens is 1. The summed E-state index contributed by atoms with van der Waals surface area (Å²) in [5.74, 6) is 0.326. The fourth-order valence-corrected chi connectivity index (χ4v) is 3.56. The van der Waals surface area contributed by atoms with E-state index in [1.807, 2.05) is 19.1 Å². The Kier molecular flexibility index (Phi) is 5.87. The highest BCUT2D eigenvalue weighted by Gasteiger charge is 2.45. The second-order valence-corrected chi connectivity index (χ2v) is 5.43. The van der Waals surface area contributed by atoms with Gasteiger partial charge in [0.25, 0.3) is 0 Å². The number of benzene rings is 1. The fourth-order valence-electron chi connectivity index (χ4n) is 3.56. The van der Waals surface area contributed by atoms with Crippen LogP contribution in [0.25, 0.3) is 0 Å². The molecule has 2 rings (SSSR count). The number of hydrogen-bond acceptors (Lipinski definition) is 3. The Morgan fingerprint density at radius 2 is 1.95 bits per heavy atom. The van der Waals surface area contributed by atoms with Crippen molar-refractivity contribution in [3.63, 3.8) is 0 Å². The minimum Gasteiger partial charge on any atom is -0.508 e. The number of nitrogens with two attached hydrogens (primary N) is 1. The van der Waals surface area contributed by atoms with E-state index in [2.05, 4.69) is 13.8 Å². The molecule has 2 unspecified atom stereocenters. The summed E-state index contributed by atoms with van der Waals surface area (Å²) in [5.41, 5.74) is 8.91. The Balaban J connectivity index is 0.00000200. The van der Waals surface area contributed by atoms with Gasteiger partial charge in [-0.3, -0.25) is 0 Å². The molecule has 2 atom stereocenters. The van der Waals surface area contributed by atoms with Crippen LogP contribution in [0, 0.1) is 0 Å². The van der Waals surface area contributed by atoms with Crippen molar-refractivity contribution in [2.75, 3.05) is 6.61 Å². The summed E-state index contributed by atoms with van der Waals surface area (Å²) >= 11 is 0. The summed E-state index contributed by atoms with van der Waals surface area (Å²) in [5, 5.41) is 9.79. The minimum atomic E-state index is -0.0911. The van der Waals surface area contributed by atoms with Gasteiger partial charge in [0.1, 0.15) is 5.75 Å². The molecule has 1 aliphatic rings. The highest BCUT2D eigenvalue weighted by Crippen LogP contribution is 2.43. The van der Waals surface area contributed by atoms with E-state index in [-0.39, 0.29) is 30.0 Å². The highest BCUT2D eigenvalue weighted by molar-refractivity contribution is 5.85. The Hall–Kier alpha value is -0.770. The van der Waals surface area contributed by atoms with Crippen LogP contribution in [0.5, 0.6) is 5.75 Å². The first kappa shape index (κ1) is 17.3. The number of phenolic OH excluding ortho intramolecular Hbond substituents is 1. The van der Waals surface area contributed by atoms with Crippen LogP contribution in [-0.4, -0.2) is 23.9 Å². The lowest BCUT2D eigenvalue weighted by molar-refractivity contribution is 0.0119. The summed E-state index contributed by atoms with van der Waals surface area (Å²) in [4.78, 5) is 0. The molecule has 4 heteroatoms. The molecule has 0 amide bonds. The maximum Gasteiger partial charge on any atom is 0.115 e. The van der Waals surface area contributed by atoms with E-state index < -0.39 is 0 Å². The molecular formula is C16H26ClNO2. The van der Waals surface area contributed by atoms with E-state index in [0.717, 1.165) is 19.3 Å². The maximum absolute atomic E-state index is 9.79. The molecule has 0 fully saturated rings. The largest absolute Gasteiger partial charge is 0.508 e. The van der Waals surface area contributed by atoms with Crippen molar-refractivity contribution in [1.29, 1.82) is 0 Å². The molecule has 0 saturated heterocycles. The zero-order valence-corrected chi connectivity index (χ0v) is 13.4. The summed E-state index contributed by atoms with van der Waals surface area (Å²) < 4.78 is 5.85. The maximum atomic E-state index is 9.79. The van der Waals surface area contributed by atoms with Crippen LogP contribution in [0.3, 0.4) is 0 Å². The number of ether oxygens (including phenoxy) is 1. The van der Waals surface area contributed by atoms with E-state index in [1.54, 1.807) is 6.07 Å². The number of fused-ring (bicyclic) bond motifs is 1. The van der Waals surface area contributed by atoms with Gasteiger partial charge in [-0.25, -0.2) is 0 Å². The minimum absolute atomic E-state index is 0. The number of phenols is 1. The second-order valence-electron chi connectivity index (χ2n) is 5.43. The molecule has 0 radical (unpaired) electrons. The molecule has 0 bridgehead atoms. The highest BCUT2D eigenvalue weighted by atomic mass is 35.5. The van der Waals surface area contributed by atoms with Gasteiger partial charge in [-0.1, -0.05) is 19.9 Å². The van der Waals surface area contributed by atoms with Crippen molar-refractivity contribution in [2.45, 2.75) is 57.6 Å². The van der Waals surface area contributed by atoms with Crippen LogP contribution in [0.4, 0.5) is 0 Å². The van der Waals surface area contributed by atoms with Gasteiger partial charge in [0.15, 0.2) is 0 Å². The van der Waals surface area contributed by atoms with Gasteiger partial charge in [0.2, 0.25) is 0 Å². The Morgan fingerprint density at radius 3 is 2.50 bits per heavy atom. The third kappa shape index (κ3) is 2.67. The third-order valence-corrected chi connectivity index (χ3v) is 4.73. The zero-order chi connectivity index (χ0) is 14.0. The van der Waals surface area contributed by atoms with Gasteiger partial charge >= 0.3 is 0 Å². The van der Waals surface area contributed by atoms with Crippen molar-refractivity contribution in [3.8, 4) is 5.75 Å². The monoisotopic (exact) mass is 299 g/mol. The lowest BCUT2D eigenvalue weighted by Gasteiger charge is -2.47. The van der Waals surface area contributed by atoms with Crippen LogP contribution in [0.1, 0.15) is 44.7 Å². The number of rotatable bonds is 4. The molecular weight excluding hydrogens is 274 g/mol. The summed E-state index contributed by atoms with van der Waals surface area (Å²) in [6, 6.07) is 5.65. The summed E-state index contributed by atoms with van der Waals surface area (Å²) in [6.45, 7) is 7.05. The van der Waals surface area contributed by atoms with Crippen molar-refractivity contribution in [3.05, 3.63) is 29.3 Å². The van der Waals surface area contributed by atoms with Crippen LogP contribution >= 0.6 is 12.4 Å². The van der Waals surface area contributed by atoms with E-state index in [9.17, 15) is 5.11 Å². The topological polar surface area (TPSA) is 55.5 Å². The van der Waals surface area contributed by atoms with Gasteiger partial charge in [0.05, 0.1) is 6.10 Å². The molecule has 20 heavy (non-hydrogen) atoms. The van der Waals surface area contributed by atoms with Crippen molar-refractivity contribution in [2.24, 2.45) is 5.73 Å². The third-order valence-electron chi connectivity index (χ3n) is 4.73. The van der Waals surface area contributed by atoms with Gasteiger partial charge in [0, 0.05) is 24.5 Å². The molecule has 3 nitrogen and oxygen atoms in total. The van der Waals surface area contributed by atoms with Crippen LogP contribution in [-0.2, 0) is 16.6 Å². The first-order chi connectivity index (χ1) is 9.08. The van der Waals surface area contributed by atoms with E-state index in [4.69, 9.17) is 10.5 Å². The predicted molar refractivity (Wildman–Crippen MR) is 84.7 cm³/mol. The van der Waals surface area contributed by atoms with Crippen LogP contribution in [0.2, 0.25) is 0 Å². The normalized spacial score (nSPS) is 23.8. The Labute approximate surface area is 127 Å². The zero-order valence-electron chi connectivity index (χ0n) is 12.6. The van der Waals surface area contributed by atoms with E-state index >= 15 is 0 Å². The molecule has 0 aliphatic heterocycles. The molecule has 3 N–H and O–H groups in total. The van der Waals surface area contributed by atoms with Gasteiger partial charge in [-0.15, -0.1) is 12.4 Å². The molecule has 0 heterocycles. The predicted octanol–water partition coefficient (Wildman–Crippen LogP) is 3.16. The molecule has 1 aromatic carbocycles. The summed E-state index contributed by atoms with van der Waals surface area (Å²) in [6.07, 6.45) is 2.84. The van der Waals surface area contributed by atoms with E-state index in [1.165, 1.54) is 11.1 Å². The van der Waals surface area contributed by atoms with Gasteiger partial charge < -0.3 is 15.6 Å². The average Bonchev–Trinajstić information content (AvgIpc) is 2.41. The van der Waals surface area contributed by atoms with Crippen molar-refractivity contribution in [1.82, 2.24) is 0 Å². The molecule has 114 valence electrons. The smallest absolute Gasteiger partial charge is 0.115 e. The van der Waals surface area contributed by atoms with Crippen molar-refractivity contribution < 1.29 is 9.84 Å². The molecule has 0 aromatic heterocycles. The Bertz CT molecular complexity index is 446. The average molecular weight is 300 g/mol. The SMILES string of the molecule is CCOC1Cc2ccc(O)cc2C(CC)(CC)C1N.Cl. The second kappa shape index (κ2) is 6.79. The molecule has 1 aliphatic carbocycles. The van der Waals surface area contributed by atoms with Crippen LogP contribution < -0.4 is 5.73 Å². The molecule has 0 saturated carbocycles. The standard InChI is InChI=1S/C16H25NO2.ClH/c1-4-16(5-2)13-10-12(18)8-7-11(13)9-14(15(16)17)19-6-3;/h7-8,10,14-15,18H,4-6,9,17H2,1-3H3;1H. The molecule has 1 aromatic rings. The van der Waals surface area contributed by atoms with E-state index in [0.29, 0.717) is 12.4 Å². The molecule has 0 spiro atoms. The van der Waals surface area contributed by atoms with Crippen LogP contribution in [0.15, 0.2) is 18.2 Å². The number of hydrogen-bond donors (Lipinski definition) is 2. The van der Waals surface area contributed by atoms with Gasteiger partial charge in [-0.2, -0.15) is 0 Å². The Morgan fingerprint density at radius 1 is 1.30 bits per heavy atom. The van der Waals surface area contributed by atoms with Crippen molar-refractivity contribution >= 4 is 12.4 Å². The lowest BCUT2D eigenvalue weighted by atomic mass is 9.63. The first-order valence-corrected chi connectivity index (χ1v) is 7.28. The first-order valence-electron chi connectivity index (χ1n) is 7.28. The number of aromatic hydroxyl groups is 1. The lowest BCUT2D eigenvalue weighted by Crippen LogP contribution is -2.56.